The van der Waals surface area contributed by atoms with Crippen molar-refractivity contribution < 1.29 is 8.78 Å². The third-order valence-corrected chi connectivity index (χ3v) is 4.17. The second-order valence-corrected chi connectivity index (χ2v) is 6.25. The molecule has 24 heavy (non-hydrogen) atoms. The van der Waals surface area contributed by atoms with Gasteiger partial charge < -0.3 is 0 Å². The minimum Gasteiger partial charge on any atom is -0.236 e. The molecule has 2 aromatic carbocycles. The second-order valence-electron chi connectivity index (χ2n) is 4.97. The van der Waals surface area contributed by atoms with Crippen molar-refractivity contribution in [2.45, 2.75) is 16.7 Å². The van der Waals surface area contributed by atoms with Gasteiger partial charge in [0.2, 0.25) is 0 Å². The first-order chi connectivity index (χ1) is 11.6. The van der Waals surface area contributed by atoms with Gasteiger partial charge in [-0.25, -0.2) is 4.68 Å². The van der Waals surface area contributed by atoms with Gasteiger partial charge in [0, 0.05) is 10.5 Å². The van der Waals surface area contributed by atoms with Crippen LogP contribution in [0.3, 0.4) is 0 Å². The topological polar surface area (TPSA) is 54.5 Å². The Labute approximate surface area is 141 Å². The molecule has 0 fully saturated rings. The van der Waals surface area contributed by atoms with Crippen molar-refractivity contribution in [3.63, 3.8) is 0 Å². The predicted octanol–water partition coefficient (Wildman–Crippen LogP) is 4.20. The molecule has 3 aromatic rings. The van der Waals surface area contributed by atoms with E-state index in [1.54, 1.807) is 54.6 Å². The van der Waals surface area contributed by atoms with Gasteiger partial charge in [0.05, 0.1) is 0 Å². The number of benzene rings is 2. The highest BCUT2D eigenvalue weighted by molar-refractivity contribution is 8.00. The average molecular weight is 342 g/mol. The zero-order chi connectivity index (χ0) is 17.0. The number of nitriles is 1. The van der Waals surface area contributed by atoms with Gasteiger partial charge in [-0.1, -0.05) is 65.5 Å². The van der Waals surface area contributed by atoms with Crippen LogP contribution in [-0.2, 0) is 6.54 Å². The molecule has 0 N–H and O–H groups in total. The summed E-state index contributed by atoms with van der Waals surface area (Å²) in [5.74, 6) is 0. The van der Waals surface area contributed by atoms with Gasteiger partial charge in [-0.05, 0) is 12.1 Å². The van der Waals surface area contributed by atoms with Crippen molar-refractivity contribution in [1.82, 2.24) is 15.0 Å². The fourth-order valence-electron chi connectivity index (χ4n) is 2.25. The minimum absolute atomic E-state index is 0.0294. The Kier molecular flexibility index (Phi) is 4.58. The van der Waals surface area contributed by atoms with Gasteiger partial charge in [-0.15, -0.1) is 5.10 Å². The molecule has 0 aliphatic carbocycles. The molecule has 120 valence electrons. The van der Waals surface area contributed by atoms with Gasteiger partial charge in [0.15, 0.2) is 5.69 Å². The van der Waals surface area contributed by atoms with E-state index in [1.165, 1.54) is 0 Å². The van der Waals surface area contributed by atoms with E-state index in [4.69, 9.17) is 5.26 Å². The molecule has 7 heteroatoms. The van der Waals surface area contributed by atoms with E-state index in [9.17, 15) is 8.78 Å². The number of hydrogen-bond acceptors (Lipinski definition) is 4. The van der Waals surface area contributed by atoms with Crippen LogP contribution in [0.2, 0.25) is 0 Å². The maximum atomic E-state index is 14.4. The first-order valence-electron chi connectivity index (χ1n) is 7.10. The Morgan fingerprint density at radius 3 is 2.29 bits per heavy atom. The molecular weight excluding hydrogens is 330 g/mol. The zero-order valence-corrected chi connectivity index (χ0v) is 13.3. The van der Waals surface area contributed by atoms with Crippen LogP contribution >= 0.6 is 11.8 Å². The molecule has 0 saturated heterocycles. The quantitative estimate of drug-likeness (QED) is 0.652. The van der Waals surface area contributed by atoms with Gasteiger partial charge in [-0.3, -0.25) is 0 Å². The first-order valence-corrected chi connectivity index (χ1v) is 7.91. The lowest BCUT2D eigenvalue weighted by molar-refractivity contribution is 0.0808. The van der Waals surface area contributed by atoms with Crippen molar-refractivity contribution in [2.24, 2.45) is 0 Å². The molecule has 0 amide bonds. The van der Waals surface area contributed by atoms with Gasteiger partial charge in [0.25, 0.3) is 0 Å². The van der Waals surface area contributed by atoms with Crippen LogP contribution in [0, 0.1) is 11.3 Å². The van der Waals surface area contributed by atoms with E-state index in [0.717, 1.165) is 4.68 Å². The van der Waals surface area contributed by atoms with Gasteiger partial charge >= 0.3 is 5.25 Å². The van der Waals surface area contributed by atoms with E-state index in [-0.39, 0.29) is 5.69 Å². The minimum atomic E-state index is -3.09. The molecule has 0 aliphatic heterocycles. The van der Waals surface area contributed by atoms with Crippen molar-refractivity contribution in [2.75, 3.05) is 0 Å². The van der Waals surface area contributed by atoms with Gasteiger partial charge in [-0.2, -0.15) is 14.0 Å². The molecule has 0 spiro atoms. The maximum absolute atomic E-state index is 14.4. The SMILES string of the molecule is N#Cc1nnn(CC(F)(F)Sc2ccccc2)c1-c1ccccc1. The summed E-state index contributed by atoms with van der Waals surface area (Å²) in [4.78, 5) is 0.462. The van der Waals surface area contributed by atoms with Crippen LogP contribution in [0.5, 0.6) is 0 Å². The smallest absolute Gasteiger partial charge is 0.236 e. The molecule has 1 aromatic heterocycles. The Balaban J connectivity index is 1.90. The Bertz CT molecular complexity index is 857. The van der Waals surface area contributed by atoms with Crippen LogP contribution in [0.15, 0.2) is 65.6 Å². The fraction of sp³-hybridized carbons (Fsp3) is 0.118. The number of halogens is 2. The van der Waals surface area contributed by atoms with Crippen molar-refractivity contribution in [3.05, 3.63) is 66.4 Å². The maximum Gasteiger partial charge on any atom is 0.317 e. The van der Waals surface area contributed by atoms with Crippen LogP contribution in [0.25, 0.3) is 11.3 Å². The molecule has 0 unspecified atom stereocenters. The highest BCUT2D eigenvalue weighted by Gasteiger charge is 2.33. The molecule has 0 saturated carbocycles. The Hall–Kier alpha value is -2.72. The highest BCUT2D eigenvalue weighted by atomic mass is 32.2. The molecule has 3 rings (SSSR count). The molecular formula is C17H12F2N4S. The second kappa shape index (κ2) is 6.81. The summed E-state index contributed by atoms with van der Waals surface area (Å²) in [6, 6.07) is 19.1. The van der Waals surface area contributed by atoms with Crippen molar-refractivity contribution >= 4 is 11.8 Å². The normalized spacial score (nSPS) is 11.2. The van der Waals surface area contributed by atoms with Crippen LogP contribution in [0.1, 0.15) is 5.69 Å². The summed E-state index contributed by atoms with van der Waals surface area (Å²) in [6.45, 7) is -0.675. The number of aromatic nitrogens is 3. The summed E-state index contributed by atoms with van der Waals surface area (Å²) < 4.78 is 29.9. The summed E-state index contributed by atoms with van der Waals surface area (Å²) in [5, 5.41) is 13.5. The summed E-state index contributed by atoms with van der Waals surface area (Å²) in [6.07, 6.45) is 0. The summed E-state index contributed by atoms with van der Waals surface area (Å²) in [7, 11) is 0. The zero-order valence-electron chi connectivity index (χ0n) is 12.4. The molecule has 0 atom stereocenters. The standard InChI is InChI=1S/C17H12F2N4S/c18-17(19,24-14-9-5-2-6-10-14)12-23-16(15(11-20)21-22-23)13-7-3-1-4-8-13/h1-10H,12H2. The lowest BCUT2D eigenvalue weighted by atomic mass is 10.1. The van der Waals surface area contributed by atoms with E-state index >= 15 is 0 Å². The third kappa shape index (κ3) is 3.60. The lowest BCUT2D eigenvalue weighted by Gasteiger charge is -2.16. The van der Waals surface area contributed by atoms with E-state index in [0.29, 0.717) is 27.9 Å². The third-order valence-electron chi connectivity index (χ3n) is 3.23. The first kappa shape index (κ1) is 16.1. The Morgan fingerprint density at radius 1 is 1.04 bits per heavy atom. The molecule has 4 nitrogen and oxygen atoms in total. The van der Waals surface area contributed by atoms with Crippen LogP contribution < -0.4 is 0 Å². The predicted molar refractivity (Wildman–Crippen MR) is 87.4 cm³/mol. The number of hydrogen-bond donors (Lipinski definition) is 0. The molecule has 1 heterocycles. The van der Waals surface area contributed by atoms with Crippen LogP contribution in [0.4, 0.5) is 8.78 Å². The Morgan fingerprint density at radius 2 is 1.67 bits per heavy atom. The number of alkyl halides is 2. The van der Waals surface area contributed by atoms with E-state index < -0.39 is 11.8 Å². The summed E-state index contributed by atoms with van der Waals surface area (Å²) in [5.41, 5.74) is 0.952. The van der Waals surface area contributed by atoms with Gasteiger partial charge in [0.1, 0.15) is 18.3 Å². The monoisotopic (exact) mass is 342 g/mol. The number of thioether (sulfide) groups is 1. The van der Waals surface area contributed by atoms with Crippen molar-refractivity contribution in [1.29, 1.82) is 5.26 Å². The lowest BCUT2D eigenvalue weighted by Crippen LogP contribution is -2.21. The molecule has 0 aliphatic rings. The largest absolute Gasteiger partial charge is 0.317 e. The number of nitrogens with zero attached hydrogens (tertiary/aromatic N) is 4. The molecule has 0 radical (unpaired) electrons. The fourth-order valence-corrected chi connectivity index (χ4v) is 3.07. The van der Waals surface area contributed by atoms with E-state index in [1.807, 2.05) is 12.1 Å². The van der Waals surface area contributed by atoms with Crippen molar-refractivity contribution in [3.8, 4) is 17.3 Å². The average Bonchev–Trinajstić information content (AvgIpc) is 2.98. The molecule has 0 bridgehead atoms. The van der Waals surface area contributed by atoms with E-state index in [2.05, 4.69) is 10.3 Å². The van der Waals surface area contributed by atoms with Crippen LogP contribution in [-0.4, -0.2) is 20.2 Å². The highest BCUT2D eigenvalue weighted by Crippen LogP contribution is 2.37. The summed E-state index contributed by atoms with van der Waals surface area (Å²) >= 11 is 0.457. The number of rotatable bonds is 5.